The Kier molecular flexibility index (Phi) is 7.65. The summed E-state index contributed by atoms with van der Waals surface area (Å²) in [6.07, 6.45) is 0.683. The first-order valence-electron chi connectivity index (χ1n) is 8.79. The second-order valence-corrected chi connectivity index (χ2v) is 6.21. The molecule has 0 aliphatic carbocycles. The number of likely N-dealkylation sites (N-methyl/N-ethyl adjacent to an activating group) is 1. The van der Waals surface area contributed by atoms with Crippen LogP contribution in [0.3, 0.4) is 0 Å². The van der Waals surface area contributed by atoms with Crippen molar-refractivity contribution in [3.63, 3.8) is 0 Å². The van der Waals surface area contributed by atoms with Crippen molar-refractivity contribution in [2.75, 3.05) is 38.8 Å². The van der Waals surface area contributed by atoms with Crippen molar-refractivity contribution in [3.8, 4) is 0 Å². The van der Waals surface area contributed by atoms with E-state index in [1.165, 1.54) is 23.1 Å². The number of ketones is 1. The van der Waals surface area contributed by atoms with Gasteiger partial charge in [0.25, 0.3) is 5.69 Å². The lowest BCUT2D eigenvalue weighted by molar-refractivity contribution is -0.384. The van der Waals surface area contributed by atoms with Crippen LogP contribution in [0.5, 0.6) is 0 Å². The summed E-state index contributed by atoms with van der Waals surface area (Å²) in [5.74, 6) is -0.550. The molecule has 28 heavy (non-hydrogen) atoms. The van der Waals surface area contributed by atoms with Crippen molar-refractivity contribution in [2.45, 2.75) is 6.42 Å². The molecule has 1 N–H and O–H groups in total. The number of rotatable bonds is 10. The van der Waals surface area contributed by atoms with E-state index in [4.69, 9.17) is 4.74 Å². The molecule has 0 spiro atoms. The number of methoxy groups -OCH3 is 1. The molecule has 0 fully saturated rings. The smallest absolute Gasteiger partial charge is 0.293 e. The molecule has 2 aromatic carbocycles. The quantitative estimate of drug-likeness (QED) is 0.292. The fraction of sp³-hybridized carbons (Fsp3) is 0.300. The monoisotopic (exact) mass is 385 g/mol. The Bertz CT molecular complexity index is 839. The SMILES string of the molecule is COCCCNC(=O)CN(C)c1ccc(C(=O)c2ccccc2)cc1[N+](=O)[O-]. The predicted octanol–water partition coefficient (Wildman–Crippen LogP) is 2.41. The number of nitro groups is 1. The highest BCUT2D eigenvalue weighted by molar-refractivity contribution is 6.09. The summed E-state index contributed by atoms with van der Waals surface area (Å²) in [6, 6.07) is 12.8. The van der Waals surface area contributed by atoms with Gasteiger partial charge in [-0.3, -0.25) is 19.7 Å². The molecule has 0 aromatic heterocycles. The number of benzene rings is 2. The zero-order valence-corrected chi connectivity index (χ0v) is 15.9. The van der Waals surface area contributed by atoms with E-state index in [-0.39, 0.29) is 35.2 Å². The van der Waals surface area contributed by atoms with Crippen molar-refractivity contribution in [1.29, 1.82) is 0 Å². The summed E-state index contributed by atoms with van der Waals surface area (Å²) >= 11 is 0. The summed E-state index contributed by atoms with van der Waals surface area (Å²) in [5, 5.41) is 14.3. The Balaban J connectivity index is 2.15. The van der Waals surface area contributed by atoms with Crippen molar-refractivity contribution >= 4 is 23.1 Å². The van der Waals surface area contributed by atoms with Gasteiger partial charge in [0.15, 0.2) is 5.78 Å². The van der Waals surface area contributed by atoms with Crippen LogP contribution in [-0.4, -0.2) is 50.5 Å². The first kappa shape index (κ1) is 21.0. The summed E-state index contributed by atoms with van der Waals surface area (Å²) in [5.41, 5.74) is 0.713. The number of hydrogen-bond donors (Lipinski definition) is 1. The van der Waals surface area contributed by atoms with Gasteiger partial charge in [-0.1, -0.05) is 30.3 Å². The van der Waals surface area contributed by atoms with Gasteiger partial charge in [-0.15, -0.1) is 0 Å². The molecule has 0 bridgehead atoms. The number of anilines is 1. The fourth-order valence-electron chi connectivity index (χ4n) is 2.69. The van der Waals surface area contributed by atoms with Gasteiger partial charge in [0.2, 0.25) is 5.91 Å². The predicted molar refractivity (Wildman–Crippen MR) is 106 cm³/mol. The normalized spacial score (nSPS) is 10.4. The number of hydrogen-bond acceptors (Lipinski definition) is 6. The van der Waals surface area contributed by atoms with Crippen LogP contribution in [0.15, 0.2) is 48.5 Å². The van der Waals surface area contributed by atoms with Gasteiger partial charge in [0.05, 0.1) is 11.5 Å². The lowest BCUT2D eigenvalue weighted by Crippen LogP contribution is -2.36. The molecule has 0 saturated carbocycles. The van der Waals surface area contributed by atoms with Crippen LogP contribution in [0, 0.1) is 10.1 Å². The van der Waals surface area contributed by atoms with Crippen LogP contribution in [0.2, 0.25) is 0 Å². The second-order valence-electron chi connectivity index (χ2n) is 6.21. The van der Waals surface area contributed by atoms with Gasteiger partial charge >= 0.3 is 0 Å². The Morgan fingerprint density at radius 3 is 2.50 bits per heavy atom. The van der Waals surface area contributed by atoms with E-state index >= 15 is 0 Å². The highest BCUT2D eigenvalue weighted by Crippen LogP contribution is 2.29. The van der Waals surface area contributed by atoms with E-state index in [2.05, 4.69) is 5.32 Å². The molecular weight excluding hydrogens is 362 g/mol. The van der Waals surface area contributed by atoms with Crippen LogP contribution < -0.4 is 10.2 Å². The van der Waals surface area contributed by atoms with Gasteiger partial charge in [-0.05, 0) is 18.6 Å². The summed E-state index contributed by atoms with van der Waals surface area (Å²) in [7, 11) is 3.18. The fourth-order valence-corrected chi connectivity index (χ4v) is 2.69. The Labute approximate surface area is 163 Å². The minimum Gasteiger partial charge on any atom is -0.385 e. The molecule has 0 saturated heterocycles. The van der Waals surface area contributed by atoms with Gasteiger partial charge < -0.3 is 15.0 Å². The van der Waals surface area contributed by atoms with Crippen LogP contribution in [0.1, 0.15) is 22.3 Å². The molecule has 2 aromatic rings. The van der Waals surface area contributed by atoms with Gasteiger partial charge in [-0.2, -0.15) is 0 Å². The minimum atomic E-state index is -0.551. The van der Waals surface area contributed by atoms with Crippen LogP contribution in [0.4, 0.5) is 11.4 Å². The van der Waals surface area contributed by atoms with E-state index in [1.807, 2.05) is 0 Å². The Morgan fingerprint density at radius 2 is 1.86 bits per heavy atom. The van der Waals surface area contributed by atoms with Crippen molar-refractivity contribution < 1.29 is 19.2 Å². The van der Waals surface area contributed by atoms with Gasteiger partial charge in [0, 0.05) is 44.5 Å². The summed E-state index contributed by atoms with van der Waals surface area (Å²) in [4.78, 5) is 37.0. The lowest BCUT2D eigenvalue weighted by Gasteiger charge is -2.19. The molecule has 8 nitrogen and oxygen atoms in total. The molecule has 8 heteroatoms. The maximum Gasteiger partial charge on any atom is 0.293 e. The van der Waals surface area contributed by atoms with Crippen molar-refractivity contribution in [3.05, 3.63) is 69.8 Å². The molecule has 2 rings (SSSR count). The number of amides is 1. The number of ether oxygens (including phenoxy) is 1. The number of carbonyl (C=O) groups excluding carboxylic acids is 2. The van der Waals surface area contributed by atoms with E-state index < -0.39 is 4.92 Å². The molecule has 1 amide bonds. The topological polar surface area (TPSA) is 102 Å². The van der Waals surface area contributed by atoms with E-state index in [0.717, 1.165) is 0 Å². The maximum atomic E-state index is 12.5. The summed E-state index contributed by atoms with van der Waals surface area (Å²) in [6.45, 7) is 0.964. The number of nitrogens with one attached hydrogen (secondary N) is 1. The molecule has 0 aliphatic rings. The number of carbonyl (C=O) groups is 2. The van der Waals surface area contributed by atoms with Gasteiger partial charge in [-0.25, -0.2) is 0 Å². The maximum absolute atomic E-state index is 12.5. The molecule has 0 heterocycles. The molecule has 0 radical (unpaired) electrons. The second kappa shape index (κ2) is 10.2. The highest BCUT2D eigenvalue weighted by Gasteiger charge is 2.22. The molecule has 0 unspecified atom stereocenters. The van der Waals surface area contributed by atoms with Crippen LogP contribution >= 0.6 is 0 Å². The Morgan fingerprint density at radius 1 is 1.14 bits per heavy atom. The van der Waals surface area contributed by atoms with Crippen molar-refractivity contribution in [1.82, 2.24) is 5.32 Å². The average molecular weight is 385 g/mol. The molecular formula is C20H23N3O5. The number of nitrogens with zero attached hydrogens (tertiary/aromatic N) is 2. The zero-order chi connectivity index (χ0) is 20.5. The summed E-state index contributed by atoms with van der Waals surface area (Å²) < 4.78 is 4.91. The number of nitro benzene ring substituents is 1. The Hall–Kier alpha value is -3.26. The van der Waals surface area contributed by atoms with Crippen LogP contribution in [-0.2, 0) is 9.53 Å². The lowest BCUT2D eigenvalue weighted by atomic mass is 10.0. The van der Waals surface area contributed by atoms with E-state index in [9.17, 15) is 19.7 Å². The molecule has 148 valence electrons. The highest BCUT2D eigenvalue weighted by atomic mass is 16.6. The third-order valence-corrected chi connectivity index (χ3v) is 4.11. The van der Waals surface area contributed by atoms with E-state index in [1.54, 1.807) is 44.5 Å². The van der Waals surface area contributed by atoms with Crippen molar-refractivity contribution in [2.24, 2.45) is 0 Å². The zero-order valence-electron chi connectivity index (χ0n) is 15.9. The first-order valence-corrected chi connectivity index (χ1v) is 8.79. The third-order valence-electron chi connectivity index (χ3n) is 4.11. The van der Waals surface area contributed by atoms with Crippen LogP contribution in [0.25, 0.3) is 0 Å². The van der Waals surface area contributed by atoms with Gasteiger partial charge in [0.1, 0.15) is 5.69 Å². The average Bonchev–Trinajstić information content (AvgIpc) is 2.70. The van der Waals surface area contributed by atoms with E-state index in [0.29, 0.717) is 25.1 Å². The molecule has 0 atom stereocenters. The first-order chi connectivity index (χ1) is 13.4. The molecule has 0 aliphatic heterocycles. The largest absolute Gasteiger partial charge is 0.385 e. The third kappa shape index (κ3) is 5.62. The standard InChI is InChI=1S/C20H23N3O5/c1-22(14-19(24)21-11-6-12-28-2)17-10-9-16(13-18(17)23(26)27)20(25)15-7-4-3-5-8-15/h3-5,7-10,13H,6,11-12,14H2,1-2H3,(H,21,24). The minimum absolute atomic E-state index is 0.0419.